The van der Waals surface area contributed by atoms with Gasteiger partial charge in [-0.15, -0.1) is 0 Å². The highest BCUT2D eigenvalue weighted by molar-refractivity contribution is 5.90. The van der Waals surface area contributed by atoms with E-state index in [0.29, 0.717) is 35.4 Å². The SMILES string of the molecule is CCOC(=O)c1ccc(Nc2ncnc(Nc3ccc(C(C)C)cc3)c2N)cc1. The Morgan fingerprint density at radius 3 is 1.97 bits per heavy atom. The Labute approximate surface area is 170 Å². The Bertz CT molecular complexity index is 969. The maximum absolute atomic E-state index is 11.8. The smallest absolute Gasteiger partial charge is 0.338 e. The van der Waals surface area contributed by atoms with Crippen LogP contribution < -0.4 is 16.4 Å². The van der Waals surface area contributed by atoms with E-state index in [0.717, 1.165) is 11.4 Å². The second-order valence-corrected chi connectivity index (χ2v) is 6.81. The number of esters is 1. The molecule has 0 amide bonds. The summed E-state index contributed by atoms with van der Waals surface area (Å²) in [5, 5.41) is 6.38. The first-order valence-corrected chi connectivity index (χ1v) is 9.49. The number of aromatic nitrogens is 2. The number of nitrogen functional groups attached to an aromatic ring is 1. The molecular formula is C22H25N5O2. The maximum atomic E-state index is 11.8. The second-order valence-electron chi connectivity index (χ2n) is 6.81. The van der Waals surface area contributed by atoms with Crippen LogP contribution in [0.3, 0.4) is 0 Å². The number of hydrogen-bond acceptors (Lipinski definition) is 7. The van der Waals surface area contributed by atoms with Gasteiger partial charge in [-0.3, -0.25) is 0 Å². The first kappa shape index (κ1) is 20.1. The molecule has 0 bridgehead atoms. The standard InChI is InChI=1S/C22H25N5O2/c1-4-29-22(28)16-7-11-18(12-8-16)27-21-19(23)20(24-13-25-21)26-17-9-5-15(6-10-17)14(2)3/h5-14H,4,23H2,1-3H3,(H2,24,25,26,27). The molecule has 0 atom stereocenters. The van der Waals surface area contributed by atoms with Gasteiger partial charge >= 0.3 is 5.97 Å². The Hall–Kier alpha value is -3.61. The molecule has 7 heteroatoms. The fraction of sp³-hybridized carbons (Fsp3) is 0.227. The number of hydrogen-bond donors (Lipinski definition) is 3. The molecule has 0 unspecified atom stereocenters. The van der Waals surface area contributed by atoms with Gasteiger partial charge in [-0.2, -0.15) is 0 Å². The van der Waals surface area contributed by atoms with Crippen LogP contribution in [0.15, 0.2) is 54.9 Å². The molecule has 0 fully saturated rings. The van der Waals surface area contributed by atoms with Crippen LogP contribution in [0.1, 0.15) is 42.6 Å². The third-order valence-electron chi connectivity index (χ3n) is 4.38. The van der Waals surface area contributed by atoms with Crippen LogP contribution in [0.4, 0.5) is 28.7 Å². The zero-order valence-corrected chi connectivity index (χ0v) is 16.8. The van der Waals surface area contributed by atoms with Crippen molar-refractivity contribution in [3.63, 3.8) is 0 Å². The van der Waals surface area contributed by atoms with Crippen molar-refractivity contribution in [3.8, 4) is 0 Å². The van der Waals surface area contributed by atoms with Gasteiger partial charge in [-0.05, 0) is 54.8 Å². The minimum Gasteiger partial charge on any atom is -0.462 e. The highest BCUT2D eigenvalue weighted by Gasteiger charge is 2.10. The fourth-order valence-corrected chi connectivity index (χ4v) is 2.72. The number of benzene rings is 2. The monoisotopic (exact) mass is 391 g/mol. The molecule has 0 spiro atoms. The van der Waals surface area contributed by atoms with Gasteiger partial charge in [0.1, 0.15) is 12.0 Å². The van der Waals surface area contributed by atoms with Gasteiger partial charge in [0, 0.05) is 11.4 Å². The molecule has 4 N–H and O–H groups in total. The van der Waals surface area contributed by atoms with E-state index in [1.54, 1.807) is 31.2 Å². The van der Waals surface area contributed by atoms with Gasteiger partial charge in [-0.25, -0.2) is 14.8 Å². The van der Waals surface area contributed by atoms with Gasteiger partial charge < -0.3 is 21.1 Å². The summed E-state index contributed by atoms with van der Waals surface area (Å²) in [6.45, 7) is 6.42. The van der Waals surface area contributed by atoms with Gasteiger partial charge in [0.05, 0.1) is 12.2 Å². The zero-order chi connectivity index (χ0) is 20.8. The molecule has 0 saturated carbocycles. The summed E-state index contributed by atoms with van der Waals surface area (Å²) >= 11 is 0. The van der Waals surface area contributed by atoms with Gasteiger partial charge in [-0.1, -0.05) is 26.0 Å². The van der Waals surface area contributed by atoms with E-state index in [-0.39, 0.29) is 5.97 Å². The average Bonchev–Trinajstić information content (AvgIpc) is 2.72. The molecule has 0 aliphatic heterocycles. The summed E-state index contributed by atoms with van der Waals surface area (Å²) in [5.41, 5.74) is 10.0. The molecule has 0 saturated heterocycles. The van der Waals surface area contributed by atoms with Crippen LogP contribution >= 0.6 is 0 Å². The largest absolute Gasteiger partial charge is 0.462 e. The van der Waals surface area contributed by atoms with Crippen LogP contribution in [-0.4, -0.2) is 22.5 Å². The number of carbonyl (C=O) groups is 1. The van der Waals surface area contributed by atoms with E-state index < -0.39 is 0 Å². The average molecular weight is 391 g/mol. The number of anilines is 5. The fourth-order valence-electron chi connectivity index (χ4n) is 2.72. The summed E-state index contributed by atoms with van der Waals surface area (Å²) in [6.07, 6.45) is 1.44. The first-order valence-electron chi connectivity index (χ1n) is 9.49. The van der Waals surface area contributed by atoms with E-state index in [1.165, 1.54) is 11.9 Å². The van der Waals surface area contributed by atoms with Gasteiger partial charge in [0.15, 0.2) is 11.6 Å². The lowest BCUT2D eigenvalue weighted by Gasteiger charge is -2.13. The third kappa shape index (κ3) is 5.01. The molecule has 7 nitrogen and oxygen atoms in total. The highest BCUT2D eigenvalue weighted by atomic mass is 16.5. The molecule has 3 aromatic rings. The summed E-state index contributed by atoms with van der Waals surface area (Å²) in [6, 6.07) is 15.1. The molecule has 1 heterocycles. The number of rotatable bonds is 7. The molecule has 2 aromatic carbocycles. The van der Waals surface area contributed by atoms with Crippen LogP contribution in [-0.2, 0) is 4.74 Å². The van der Waals surface area contributed by atoms with Crippen molar-refractivity contribution in [2.45, 2.75) is 26.7 Å². The van der Waals surface area contributed by atoms with Crippen LogP contribution in [0.2, 0.25) is 0 Å². The quantitative estimate of drug-likeness (QED) is 0.495. The van der Waals surface area contributed by atoms with Crippen molar-refractivity contribution >= 4 is 34.7 Å². The molecule has 3 rings (SSSR count). The van der Waals surface area contributed by atoms with Crippen LogP contribution in [0.5, 0.6) is 0 Å². The lowest BCUT2D eigenvalue weighted by molar-refractivity contribution is 0.0526. The Morgan fingerprint density at radius 2 is 1.48 bits per heavy atom. The van der Waals surface area contributed by atoms with Crippen molar-refractivity contribution in [1.29, 1.82) is 0 Å². The van der Waals surface area contributed by atoms with E-state index >= 15 is 0 Å². The molecule has 0 aliphatic rings. The molecule has 1 aromatic heterocycles. The van der Waals surface area contributed by atoms with E-state index in [1.807, 2.05) is 12.1 Å². The summed E-state index contributed by atoms with van der Waals surface area (Å²) in [7, 11) is 0. The van der Waals surface area contributed by atoms with Gasteiger partial charge in [0.25, 0.3) is 0 Å². The van der Waals surface area contributed by atoms with E-state index in [4.69, 9.17) is 10.5 Å². The number of nitrogens with two attached hydrogens (primary N) is 1. The molecule has 29 heavy (non-hydrogen) atoms. The van der Waals surface area contributed by atoms with E-state index in [2.05, 4.69) is 46.6 Å². The minimum atomic E-state index is -0.351. The molecule has 0 radical (unpaired) electrons. The Morgan fingerprint density at radius 1 is 0.966 bits per heavy atom. The summed E-state index contributed by atoms with van der Waals surface area (Å²) in [4.78, 5) is 20.2. The van der Waals surface area contributed by atoms with Crippen molar-refractivity contribution in [3.05, 3.63) is 66.0 Å². The maximum Gasteiger partial charge on any atom is 0.338 e. The first-order chi connectivity index (χ1) is 14.0. The summed E-state index contributed by atoms with van der Waals surface area (Å²) < 4.78 is 4.99. The molecular weight excluding hydrogens is 366 g/mol. The second kappa shape index (κ2) is 9.05. The Balaban J connectivity index is 1.74. The predicted octanol–water partition coefficient (Wildman–Crippen LogP) is 4.85. The lowest BCUT2D eigenvalue weighted by Crippen LogP contribution is -2.06. The van der Waals surface area contributed by atoms with Crippen LogP contribution in [0.25, 0.3) is 0 Å². The minimum absolute atomic E-state index is 0.340. The normalized spacial score (nSPS) is 10.6. The Kier molecular flexibility index (Phi) is 6.29. The van der Waals surface area contributed by atoms with Crippen molar-refractivity contribution in [2.75, 3.05) is 23.0 Å². The van der Waals surface area contributed by atoms with Crippen molar-refractivity contribution in [1.82, 2.24) is 9.97 Å². The topological polar surface area (TPSA) is 102 Å². The van der Waals surface area contributed by atoms with Crippen LogP contribution in [0, 0.1) is 0 Å². The number of ether oxygens (including phenoxy) is 1. The van der Waals surface area contributed by atoms with E-state index in [9.17, 15) is 4.79 Å². The predicted molar refractivity (Wildman–Crippen MR) is 116 cm³/mol. The number of carbonyl (C=O) groups excluding carboxylic acids is 1. The van der Waals surface area contributed by atoms with Crippen molar-refractivity contribution < 1.29 is 9.53 Å². The lowest BCUT2D eigenvalue weighted by atomic mass is 10.0. The highest BCUT2D eigenvalue weighted by Crippen LogP contribution is 2.28. The molecule has 0 aliphatic carbocycles. The summed E-state index contributed by atoms with van der Waals surface area (Å²) in [5.74, 6) is 1.11. The van der Waals surface area contributed by atoms with Crippen molar-refractivity contribution in [2.24, 2.45) is 0 Å². The van der Waals surface area contributed by atoms with Gasteiger partial charge in [0.2, 0.25) is 0 Å². The zero-order valence-electron chi connectivity index (χ0n) is 16.8. The number of nitrogens with one attached hydrogen (secondary N) is 2. The molecule has 150 valence electrons. The number of nitrogens with zero attached hydrogens (tertiary/aromatic N) is 2. The third-order valence-corrected chi connectivity index (χ3v) is 4.38.